The molecule has 0 aromatic heterocycles. The molecular weight excluding hydrogens is 244 g/mol. The van der Waals surface area contributed by atoms with Crippen LogP contribution in [-0.4, -0.2) is 40.5 Å². The van der Waals surface area contributed by atoms with Crippen molar-refractivity contribution in [3.8, 4) is 0 Å². The van der Waals surface area contributed by atoms with Gasteiger partial charge in [0.2, 0.25) is 5.91 Å². The monoisotopic (exact) mass is 270 g/mol. The van der Waals surface area contributed by atoms with Gasteiger partial charge < -0.3 is 15.7 Å². The Morgan fingerprint density at radius 3 is 2.21 bits per heavy atom. The summed E-state index contributed by atoms with van der Waals surface area (Å²) in [7, 11) is 0. The lowest BCUT2D eigenvalue weighted by molar-refractivity contribution is -0.157. The van der Waals surface area contributed by atoms with Crippen molar-refractivity contribution in [1.82, 2.24) is 4.90 Å². The maximum Gasteiger partial charge on any atom is 0.311 e. The highest BCUT2D eigenvalue weighted by molar-refractivity contribution is 5.84. The summed E-state index contributed by atoms with van der Waals surface area (Å²) in [4.78, 5) is 25.6. The Kier molecular flexibility index (Phi) is 4.01. The Labute approximate surface area is 115 Å². The van der Waals surface area contributed by atoms with E-state index < -0.39 is 22.3 Å². The van der Waals surface area contributed by atoms with E-state index in [1.54, 1.807) is 11.8 Å². The average molecular weight is 270 g/mol. The molecule has 0 aromatic rings. The van der Waals surface area contributed by atoms with Gasteiger partial charge in [0.15, 0.2) is 0 Å². The van der Waals surface area contributed by atoms with Crippen LogP contribution in [0.3, 0.4) is 0 Å². The van der Waals surface area contributed by atoms with Gasteiger partial charge in [0, 0.05) is 18.6 Å². The van der Waals surface area contributed by atoms with Crippen molar-refractivity contribution < 1.29 is 14.7 Å². The Morgan fingerprint density at radius 2 is 1.79 bits per heavy atom. The van der Waals surface area contributed by atoms with Crippen LogP contribution in [0.2, 0.25) is 0 Å². The zero-order valence-corrected chi connectivity index (χ0v) is 12.6. The molecule has 1 saturated heterocycles. The minimum Gasteiger partial charge on any atom is -0.481 e. The molecule has 3 N–H and O–H groups in total. The van der Waals surface area contributed by atoms with Crippen molar-refractivity contribution in [2.45, 2.75) is 53.0 Å². The van der Waals surface area contributed by atoms with Crippen LogP contribution in [0, 0.1) is 10.8 Å². The maximum atomic E-state index is 12.6. The lowest BCUT2D eigenvalue weighted by Gasteiger charge is -2.44. The van der Waals surface area contributed by atoms with Crippen LogP contribution in [0.5, 0.6) is 0 Å². The number of rotatable bonds is 3. The van der Waals surface area contributed by atoms with E-state index in [2.05, 4.69) is 0 Å². The molecule has 1 unspecified atom stereocenters. The van der Waals surface area contributed by atoms with Crippen molar-refractivity contribution in [1.29, 1.82) is 0 Å². The fraction of sp³-hybridized carbons (Fsp3) is 0.857. The number of carbonyl (C=O) groups is 2. The van der Waals surface area contributed by atoms with E-state index in [1.807, 2.05) is 27.7 Å². The quantitative estimate of drug-likeness (QED) is 0.813. The number of likely N-dealkylation sites (tertiary alicyclic amines) is 1. The third-order valence-electron chi connectivity index (χ3n) is 4.65. The number of carbonyl (C=O) groups excluding carboxylic acids is 1. The molecule has 110 valence electrons. The average Bonchev–Trinajstić information content (AvgIpc) is 2.26. The largest absolute Gasteiger partial charge is 0.481 e. The molecule has 1 fully saturated rings. The molecule has 0 bridgehead atoms. The zero-order chi connectivity index (χ0) is 15.1. The van der Waals surface area contributed by atoms with Gasteiger partial charge in [0.05, 0.1) is 10.8 Å². The van der Waals surface area contributed by atoms with Crippen molar-refractivity contribution in [3.63, 3.8) is 0 Å². The number of amides is 1. The van der Waals surface area contributed by atoms with Gasteiger partial charge in [-0.25, -0.2) is 0 Å². The van der Waals surface area contributed by atoms with E-state index in [9.17, 15) is 14.7 Å². The highest BCUT2D eigenvalue weighted by atomic mass is 16.4. The molecule has 1 rings (SSSR count). The zero-order valence-electron chi connectivity index (χ0n) is 12.6. The van der Waals surface area contributed by atoms with Crippen LogP contribution < -0.4 is 5.73 Å². The molecule has 0 aliphatic carbocycles. The molecule has 19 heavy (non-hydrogen) atoms. The number of piperidine rings is 1. The van der Waals surface area contributed by atoms with Gasteiger partial charge in [-0.15, -0.1) is 0 Å². The van der Waals surface area contributed by atoms with Gasteiger partial charge in [-0.05, 0) is 47.5 Å². The first-order valence-corrected chi connectivity index (χ1v) is 6.73. The van der Waals surface area contributed by atoms with Gasteiger partial charge in [0.1, 0.15) is 0 Å². The topological polar surface area (TPSA) is 83.6 Å². The van der Waals surface area contributed by atoms with Gasteiger partial charge in [-0.3, -0.25) is 9.59 Å². The van der Waals surface area contributed by atoms with E-state index in [4.69, 9.17) is 5.73 Å². The summed E-state index contributed by atoms with van der Waals surface area (Å²) in [6.07, 6.45) is 1.33. The van der Waals surface area contributed by atoms with Crippen LogP contribution >= 0.6 is 0 Å². The van der Waals surface area contributed by atoms with Crippen LogP contribution in [0.4, 0.5) is 0 Å². The molecule has 5 heteroatoms. The minimum atomic E-state index is -0.845. The first-order chi connectivity index (χ1) is 8.42. The molecule has 1 amide bonds. The number of carboxylic acids is 1. The van der Waals surface area contributed by atoms with Crippen molar-refractivity contribution >= 4 is 11.9 Å². The maximum absolute atomic E-state index is 12.6. The van der Waals surface area contributed by atoms with Crippen molar-refractivity contribution in [3.05, 3.63) is 0 Å². The predicted octanol–water partition coefficient (Wildman–Crippen LogP) is 1.46. The van der Waals surface area contributed by atoms with E-state index in [1.165, 1.54) is 0 Å². The first kappa shape index (κ1) is 16.0. The van der Waals surface area contributed by atoms with Crippen LogP contribution in [0.1, 0.15) is 47.5 Å². The molecule has 1 heterocycles. The predicted molar refractivity (Wildman–Crippen MR) is 73.6 cm³/mol. The number of aliphatic carboxylic acids is 1. The summed E-state index contributed by atoms with van der Waals surface area (Å²) in [5, 5.41) is 9.30. The van der Waals surface area contributed by atoms with Gasteiger partial charge in [0.25, 0.3) is 0 Å². The number of carboxylic acid groups (broad SMARTS) is 1. The van der Waals surface area contributed by atoms with E-state index in [-0.39, 0.29) is 12.5 Å². The Bertz CT molecular complexity index is 385. The van der Waals surface area contributed by atoms with E-state index >= 15 is 0 Å². The highest BCUT2D eigenvalue weighted by Gasteiger charge is 2.46. The summed E-state index contributed by atoms with van der Waals surface area (Å²) in [6, 6.07) is 0. The first-order valence-electron chi connectivity index (χ1n) is 6.73. The molecule has 1 atom stereocenters. The lowest BCUT2D eigenvalue weighted by atomic mass is 9.73. The smallest absolute Gasteiger partial charge is 0.311 e. The van der Waals surface area contributed by atoms with Crippen molar-refractivity contribution in [2.75, 3.05) is 13.1 Å². The summed E-state index contributed by atoms with van der Waals surface area (Å²) >= 11 is 0. The SMILES string of the molecule is CC1(C(=O)O)CCCN(C(=O)C(C)(C)C(C)(C)N)C1. The number of hydrogen-bond donors (Lipinski definition) is 2. The summed E-state index contributed by atoms with van der Waals surface area (Å²) in [5.74, 6) is -0.901. The summed E-state index contributed by atoms with van der Waals surface area (Å²) in [6.45, 7) is 9.87. The normalized spacial score (nSPS) is 25.3. The molecule has 0 radical (unpaired) electrons. The number of nitrogens with two attached hydrogens (primary N) is 1. The fourth-order valence-electron chi connectivity index (χ4n) is 2.26. The molecule has 0 saturated carbocycles. The van der Waals surface area contributed by atoms with Crippen molar-refractivity contribution in [2.24, 2.45) is 16.6 Å². The fourth-order valence-corrected chi connectivity index (χ4v) is 2.26. The van der Waals surface area contributed by atoms with Gasteiger partial charge >= 0.3 is 5.97 Å². The Balaban J connectivity index is 2.93. The Morgan fingerprint density at radius 1 is 1.26 bits per heavy atom. The Hall–Kier alpha value is -1.10. The van der Waals surface area contributed by atoms with Crippen LogP contribution in [0.25, 0.3) is 0 Å². The van der Waals surface area contributed by atoms with E-state index in [0.29, 0.717) is 13.0 Å². The molecule has 0 aromatic carbocycles. The number of hydrogen-bond acceptors (Lipinski definition) is 3. The molecule has 5 nitrogen and oxygen atoms in total. The second-order valence-corrected chi connectivity index (χ2v) is 7.04. The summed E-state index contributed by atoms with van der Waals surface area (Å²) < 4.78 is 0. The second-order valence-electron chi connectivity index (χ2n) is 7.04. The highest BCUT2D eigenvalue weighted by Crippen LogP contribution is 2.35. The molecule has 1 aliphatic rings. The van der Waals surface area contributed by atoms with Crippen LogP contribution in [0.15, 0.2) is 0 Å². The standard InChI is InChI=1S/C14H26N2O3/c1-12(2,13(3,4)15)10(17)16-8-6-7-14(5,9-16)11(18)19/h6-9,15H2,1-5H3,(H,18,19). The summed E-state index contributed by atoms with van der Waals surface area (Å²) in [5.41, 5.74) is 3.87. The molecule has 1 aliphatic heterocycles. The second kappa shape index (κ2) is 4.78. The van der Waals surface area contributed by atoms with Crippen LogP contribution in [-0.2, 0) is 9.59 Å². The third kappa shape index (κ3) is 2.91. The van der Waals surface area contributed by atoms with E-state index in [0.717, 1.165) is 6.42 Å². The minimum absolute atomic E-state index is 0.0628. The number of nitrogens with zero attached hydrogens (tertiary/aromatic N) is 1. The van der Waals surface area contributed by atoms with Gasteiger partial charge in [-0.1, -0.05) is 0 Å². The molecular formula is C14H26N2O3. The molecule has 0 spiro atoms. The third-order valence-corrected chi connectivity index (χ3v) is 4.65. The lowest BCUT2D eigenvalue weighted by Crippen LogP contribution is -2.59. The van der Waals surface area contributed by atoms with Gasteiger partial charge in [-0.2, -0.15) is 0 Å².